The van der Waals surface area contributed by atoms with Gasteiger partial charge in [0.25, 0.3) is 0 Å². The Hall–Kier alpha value is -0.0400. The molecular formula is C12H21N. The maximum absolute atomic E-state index is 6.18. The molecule has 2 N–H and O–H groups in total. The molecule has 0 aromatic heterocycles. The normalized spacial score (nSPS) is 60.2. The van der Waals surface area contributed by atoms with Gasteiger partial charge in [0, 0.05) is 6.04 Å². The summed E-state index contributed by atoms with van der Waals surface area (Å²) in [5, 5.41) is 0. The van der Waals surface area contributed by atoms with E-state index in [4.69, 9.17) is 5.73 Å². The topological polar surface area (TPSA) is 26.0 Å². The van der Waals surface area contributed by atoms with E-state index in [9.17, 15) is 0 Å². The van der Waals surface area contributed by atoms with Crippen LogP contribution in [0.15, 0.2) is 0 Å². The molecule has 0 heterocycles. The summed E-state index contributed by atoms with van der Waals surface area (Å²) in [6.07, 6.45) is 7.36. The summed E-state index contributed by atoms with van der Waals surface area (Å²) in [6, 6.07) is 0.430. The van der Waals surface area contributed by atoms with E-state index in [-0.39, 0.29) is 0 Å². The maximum Gasteiger partial charge on any atom is 0.00674 e. The van der Waals surface area contributed by atoms with E-state index in [0.717, 1.165) is 17.3 Å². The highest BCUT2D eigenvalue weighted by molar-refractivity contribution is 5.18. The Kier molecular flexibility index (Phi) is 1.36. The van der Waals surface area contributed by atoms with Gasteiger partial charge >= 0.3 is 0 Å². The Labute approximate surface area is 81.1 Å². The number of fused-ring (bicyclic) bond motifs is 1. The number of nitrogens with two attached hydrogens (primary N) is 1. The molecule has 0 amide bonds. The molecule has 0 aromatic rings. The number of hydrogen-bond acceptors (Lipinski definition) is 1. The van der Waals surface area contributed by atoms with Crippen molar-refractivity contribution in [1.82, 2.24) is 0 Å². The molecule has 1 heteroatoms. The first-order chi connectivity index (χ1) is 6.06. The van der Waals surface area contributed by atoms with Gasteiger partial charge in [0.05, 0.1) is 0 Å². The van der Waals surface area contributed by atoms with Gasteiger partial charge in [-0.1, -0.05) is 6.92 Å². The predicted octanol–water partition coefficient (Wildman–Crippen LogP) is 2.55. The molecular weight excluding hydrogens is 158 g/mol. The molecule has 13 heavy (non-hydrogen) atoms. The lowest BCUT2D eigenvalue weighted by molar-refractivity contribution is 0.0996. The van der Waals surface area contributed by atoms with Gasteiger partial charge in [0.15, 0.2) is 0 Å². The summed E-state index contributed by atoms with van der Waals surface area (Å²) < 4.78 is 0. The minimum absolute atomic E-state index is 0.430. The Morgan fingerprint density at radius 2 is 2.00 bits per heavy atom. The molecule has 5 unspecified atom stereocenters. The summed E-state index contributed by atoms with van der Waals surface area (Å²) in [6.45, 7) is 4.66. The molecule has 0 radical (unpaired) electrons. The first kappa shape index (κ1) is 8.28. The van der Waals surface area contributed by atoms with Crippen molar-refractivity contribution in [2.75, 3.05) is 0 Å². The quantitative estimate of drug-likeness (QED) is 0.657. The fraction of sp³-hybridized carbons (Fsp3) is 1.00. The second-order valence-corrected chi connectivity index (χ2v) is 6.31. The van der Waals surface area contributed by atoms with E-state index in [1.165, 1.54) is 32.1 Å². The lowest BCUT2D eigenvalue weighted by atomic mass is 9.64. The average molecular weight is 179 g/mol. The predicted molar refractivity (Wildman–Crippen MR) is 54.3 cm³/mol. The van der Waals surface area contributed by atoms with Gasteiger partial charge in [-0.3, -0.25) is 0 Å². The monoisotopic (exact) mass is 179 g/mol. The van der Waals surface area contributed by atoms with E-state index in [0.29, 0.717) is 11.5 Å². The summed E-state index contributed by atoms with van der Waals surface area (Å²) in [5.41, 5.74) is 7.53. The molecule has 0 saturated heterocycles. The van der Waals surface area contributed by atoms with Crippen LogP contribution in [0.4, 0.5) is 0 Å². The lowest BCUT2D eigenvalue weighted by Crippen LogP contribution is -2.42. The highest BCUT2D eigenvalue weighted by Crippen LogP contribution is 2.76. The van der Waals surface area contributed by atoms with Gasteiger partial charge < -0.3 is 5.73 Å². The smallest absolute Gasteiger partial charge is 0.00674 e. The van der Waals surface area contributed by atoms with Crippen molar-refractivity contribution in [2.24, 2.45) is 28.4 Å². The van der Waals surface area contributed by atoms with Gasteiger partial charge in [-0.05, 0) is 61.7 Å². The van der Waals surface area contributed by atoms with Crippen LogP contribution in [0.25, 0.3) is 0 Å². The Bertz CT molecular complexity index is 244. The molecule has 0 aromatic carbocycles. The standard InChI is InChI=1S/C12H21N/c1-8-3-11(9(2)13)5-10-6-12(10,4-8)7-11/h8-10H,3-7,13H2,1-2H3. The molecule has 3 aliphatic rings. The van der Waals surface area contributed by atoms with Crippen LogP contribution in [-0.2, 0) is 0 Å². The van der Waals surface area contributed by atoms with Crippen LogP contribution in [0.5, 0.6) is 0 Å². The van der Waals surface area contributed by atoms with E-state index in [1.807, 2.05) is 0 Å². The summed E-state index contributed by atoms with van der Waals surface area (Å²) in [7, 11) is 0. The third-order valence-corrected chi connectivity index (χ3v) is 5.19. The van der Waals surface area contributed by atoms with Crippen molar-refractivity contribution in [3.8, 4) is 0 Å². The molecule has 3 aliphatic carbocycles. The van der Waals surface area contributed by atoms with Crippen LogP contribution in [-0.4, -0.2) is 6.04 Å². The first-order valence-corrected chi connectivity index (χ1v) is 5.82. The molecule has 0 aliphatic heterocycles. The summed E-state index contributed by atoms with van der Waals surface area (Å²) in [4.78, 5) is 0. The molecule has 3 rings (SSSR count). The van der Waals surface area contributed by atoms with Crippen molar-refractivity contribution in [3.05, 3.63) is 0 Å². The fourth-order valence-electron chi connectivity index (χ4n) is 4.67. The third-order valence-electron chi connectivity index (χ3n) is 5.19. The van der Waals surface area contributed by atoms with Crippen molar-refractivity contribution in [3.63, 3.8) is 0 Å². The lowest BCUT2D eigenvalue weighted by Gasteiger charge is -2.42. The van der Waals surface area contributed by atoms with E-state index >= 15 is 0 Å². The first-order valence-electron chi connectivity index (χ1n) is 5.82. The second-order valence-electron chi connectivity index (χ2n) is 6.31. The van der Waals surface area contributed by atoms with Crippen molar-refractivity contribution < 1.29 is 0 Å². The van der Waals surface area contributed by atoms with Gasteiger partial charge in [0.1, 0.15) is 0 Å². The Morgan fingerprint density at radius 3 is 2.69 bits per heavy atom. The molecule has 3 saturated carbocycles. The van der Waals surface area contributed by atoms with Crippen LogP contribution in [0.2, 0.25) is 0 Å². The minimum atomic E-state index is 0.430. The van der Waals surface area contributed by atoms with Crippen molar-refractivity contribution in [2.45, 2.75) is 52.0 Å². The third kappa shape index (κ3) is 0.918. The van der Waals surface area contributed by atoms with Crippen LogP contribution in [0, 0.1) is 22.7 Å². The van der Waals surface area contributed by atoms with E-state index in [2.05, 4.69) is 13.8 Å². The minimum Gasteiger partial charge on any atom is -0.327 e. The van der Waals surface area contributed by atoms with Crippen LogP contribution in [0.1, 0.15) is 46.0 Å². The highest BCUT2D eigenvalue weighted by atomic mass is 14.8. The van der Waals surface area contributed by atoms with Gasteiger partial charge in [-0.2, -0.15) is 0 Å². The molecule has 5 atom stereocenters. The van der Waals surface area contributed by atoms with Gasteiger partial charge in [-0.15, -0.1) is 0 Å². The molecule has 74 valence electrons. The Morgan fingerprint density at radius 1 is 1.23 bits per heavy atom. The average Bonchev–Trinajstić information content (AvgIpc) is 2.53. The van der Waals surface area contributed by atoms with Crippen LogP contribution in [0.3, 0.4) is 0 Å². The zero-order chi connectivity index (χ0) is 9.27. The molecule has 1 nitrogen and oxygen atoms in total. The van der Waals surface area contributed by atoms with Crippen molar-refractivity contribution in [1.29, 1.82) is 0 Å². The molecule has 1 spiro atoms. The SMILES string of the molecule is CC1CC2(C(C)N)CC3CC3(C1)C2. The zero-order valence-electron chi connectivity index (χ0n) is 8.84. The van der Waals surface area contributed by atoms with E-state index < -0.39 is 0 Å². The summed E-state index contributed by atoms with van der Waals surface area (Å²) in [5.74, 6) is 2.01. The van der Waals surface area contributed by atoms with Crippen LogP contribution < -0.4 is 5.73 Å². The second kappa shape index (κ2) is 2.13. The maximum atomic E-state index is 6.18. The fourth-order valence-corrected chi connectivity index (χ4v) is 4.67. The van der Waals surface area contributed by atoms with Crippen LogP contribution >= 0.6 is 0 Å². The molecule has 2 bridgehead atoms. The Balaban J connectivity index is 1.92. The van der Waals surface area contributed by atoms with Crippen molar-refractivity contribution >= 4 is 0 Å². The van der Waals surface area contributed by atoms with Gasteiger partial charge in [-0.25, -0.2) is 0 Å². The zero-order valence-corrected chi connectivity index (χ0v) is 8.84. The number of rotatable bonds is 1. The molecule has 3 fully saturated rings. The largest absolute Gasteiger partial charge is 0.327 e. The summed E-state index contributed by atoms with van der Waals surface area (Å²) >= 11 is 0. The highest BCUT2D eigenvalue weighted by Gasteiger charge is 2.68. The van der Waals surface area contributed by atoms with Gasteiger partial charge in [0.2, 0.25) is 0 Å². The van der Waals surface area contributed by atoms with E-state index in [1.54, 1.807) is 0 Å². The number of hydrogen-bond donors (Lipinski definition) is 1.